The first kappa shape index (κ1) is 17.4. The molecule has 0 spiro atoms. The Bertz CT molecular complexity index is 709. The third-order valence-electron chi connectivity index (χ3n) is 2.61. The first-order valence-corrected chi connectivity index (χ1v) is 9.78. The van der Waals surface area contributed by atoms with Gasteiger partial charge in [-0.1, -0.05) is 18.2 Å². The Hall–Kier alpha value is -1.61. The number of carboxylic acid groups (broad SMARTS) is 1. The smallest absolute Gasteiger partial charge is 0.303 e. The molecule has 21 heavy (non-hydrogen) atoms. The summed E-state index contributed by atoms with van der Waals surface area (Å²) in [5.74, 6) is -2.00. The number of carbonyl (C=O) groups is 1. The van der Waals surface area contributed by atoms with Crippen molar-refractivity contribution in [1.82, 2.24) is 0 Å². The van der Waals surface area contributed by atoms with E-state index in [9.17, 15) is 21.6 Å². The molecule has 1 rings (SSSR count). The van der Waals surface area contributed by atoms with Gasteiger partial charge in [-0.15, -0.1) is 0 Å². The minimum absolute atomic E-state index is 0.123. The summed E-state index contributed by atoms with van der Waals surface area (Å²) in [4.78, 5) is 10.6. The van der Waals surface area contributed by atoms with Crippen molar-refractivity contribution in [2.75, 3.05) is 22.5 Å². The van der Waals surface area contributed by atoms with Crippen molar-refractivity contribution >= 4 is 31.5 Å². The van der Waals surface area contributed by atoms with Crippen molar-refractivity contribution in [3.8, 4) is 0 Å². The molecule has 0 amide bonds. The predicted octanol–water partition coefficient (Wildman–Crippen LogP) is 0.490. The normalized spacial score (nSPS) is 12.0. The van der Waals surface area contributed by atoms with Gasteiger partial charge < -0.3 is 5.11 Å². The fraction of sp³-hybridized carbons (Fsp3) is 0.417. The van der Waals surface area contributed by atoms with Crippen LogP contribution < -0.4 is 4.72 Å². The number of aryl methyl sites for hydroxylation is 1. The second kappa shape index (κ2) is 6.90. The van der Waals surface area contributed by atoms with Crippen molar-refractivity contribution in [2.45, 2.75) is 12.8 Å². The molecule has 0 heterocycles. The molecule has 0 unspecified atom stereocenters. The van der Waals surface area contributed by atoms with Crippen molar-refractivity contribution in [3.63, 3.8) is 0 Å². The minimum Gasteiger partial charge on any atom is -0.481 e. The summed E-state index contributed by atoms with van der Waals surface area (Å²) in [6.07, 6.45) is 1.02. The van der Waals surface area contributed by atoms with E-state index in [1.807, 2.05) is 0 Å². The van der Waals surface area contributed by atoms with Gasteiger partial charge in [-0.3, -0.25) is 9.52 Å². The summed E-state index contributed by atoms with van der Waals surface area (Å²) < 4.78 is 48.0. The Morgan fingerprint density at radius 3 is 2.33 bits per heavy atom. The van der Waals surface area contributed by atoms with Crippen LogP contribution in [-0.2, 0) is 31.1 Å². The maximum Gasteiger partial charge on any atom is 0.303 e. The van der Waals surface area contributed by atoms with Gasteiger partial charge in [0.2, 0.25) is 10.0 Å². The second-order valence-electron chi connectivity index (χ2n) is 4.60. The molecule has 0 bridgehead atoms. The molecule has 0 saturated carbocycles. The first-order valence-electron chi connectivity index (χ1n) is 6.07. The molecule has 118 valence electrons. The predicted molar refractivity (Wildman–Crippen MR) is 79.5 cm³/mol. The van der Waals surface area contributed by atoms with Crippen LogP contribution >= 0.6 is 0 Å². The molecule has 0 aliphatic heterocycles. The lowest BCUT2D eigenvalue weighted by molar-refractivity contribution is -0.136. The number of sulfonamides is 1. The van der Waals surface area contributed by atoms with Gasteiger partial charge in [-0.05, 0) is 18.1 Å². The van der Waals surface area contributed by atoms with Crippen LogP contribution in [0.5, 0.6) is 0 Å². The van der Waals surface area contributed by atoms with Gasteiger partial charge in [0.25, 0.3) is 0 Å². The molecular formula is C12H17NO6S2. The number of hydrogen-bond donors (Lipinski definition) is 2. The van der Waals surface area contributed by atoms with Crippen molar-refractivity contribution in [3.05, 3.63) is 29.8 Å². The van der Waals surface area contributed by atoms with Crippen molar-refractivity contribution < 1.29 is 26.7 Å². The lowest BCUT2D eigenvalue weighted by Gasteiger charge is -2.11. The minimum atomic E-state index is -3.81. The third-order valence-corrected chi connectivity index (χ3v) is 5.09. The highest BCUT2D eigenvalue weighted by atomic mass is 32.2. The van der Waals surface area contributed by atoms with Gasteiger partial charge in [0, 0.05) is 12.7 Å². The van der Waals surface area contributed by atoms with E-state index in [2.05, 4.69) is 4.72 Å². The first-order chi connectivity index (χ1) is 9.59. The summed E-state index contributed by atoms with van der Waals surface area (Å²) in [6.45, 7) is 0. The quantitative estimate of drug-likeness (QED) is 0.714. The van der Waals surface area contributed by atoms with Gasteiger partial charge in [-0.2, -0.15) is 0 Å². The van der Waals surface area contributed by atoms with Crippen molar-refractivity contribution in [2.24, 2.45) is 0 Å². The van der Waals surface area contributed by atoms with E-state index < -0.39 is 37.3 Å². The molecule has 0 saturated heterocycles. The maximum atomic E-state index is 11.8. The molecule has 1 aromatic rings. The number of hydrogen-bond acceptors (Lipinski definition) is 5. The number of anilines is 1. The van der Waals surface area contributed by atoms with Crippen LogP contribution in [0.1, 0.15) is 12.0 Å². The molecule has 2 N–H and O–H groups in total. The summed E-state index contributed by atoms with van der Waals surface area (Å²) in [5.41, 5.74) is 0.815. The summed E-state index contributed by atoms with van der Waals surface area (Å²) in [5, 5.41) is 8.67. The Kier molecular flexibility index (Phi) is 5.73. The van der Waals surface area contributed by atoms with Gasteiger partial charge in [0.05, 0.1) is 17.2 Å². The molecule has 0 aliphatic carbocycles. The summed E-state index contributed by atoms with van der Waals surface area (Å²) >= 11 is 0. The summed E-state index contributed by atoms with van der Waals surface area (Å²) in [6, 6.07) is 6.41. The van der Waals surface area contributed by atoms with Crippen LogP contribution in [0.2, 0.25) is 0 Å². The number of sulfone groups is 1. The lowest BCUT2D eigenvalue weighted by atomic mass is 10.1. The fourth-order valence-corrected chi connectivity index (χ4v) is 4.28. The third kappa shape index (κ3) is 7.09. The number of benzene rings is 1. The van der Waals surface area contributed by atoms with Crippen LogP contribution in [0.15, 0.2) is 24.3 Å². The average molecular weight is 335 g/mol. The van der Waals surface area contributed by atoms with E-state index >= 15 is 0 Å². The van der Waals surface area contributed by atoms with Crippen LogP contribution in [-0.4, -0.2) is 45.7 Å². The molecule has 0 aromatic heterocycles. The van der Waals surface area contributed by atoms with E-state index in [0.717, 1.165) is 6.26 Å². The molecule has 7 nitrogen and oxygen atoms in total. The standard InChI is InChI=1S/C12H17NO6S2/c1-20(16,17)8-9-21(18,19)13-11-5-3-2-4-10(11)6-7-12(14)15/h2-5,13H,6-9H2,1H3,(H,14,15). The maximum absolute atomic E-state index is 11.8. The van der Waals surface area contributed by atoms with Crippen LogP contribution in [0.3, 0.4) is 0 Å². The topological polar surface area (TPSA) is 118 Å². The van der Waals surface area contributed by atoms with Crippen molar-refractivity contribution in [1.29, 1.82) is 0 Å². The van der Waals surface area contributed by atoms with Crippen LogP contribution in [0.25, 0.3) is 0 Å². The molecule has 9 heteroatoms. The lowest BCUT2D eigenvalue weighted by Crippen LogP contribution is -2.23. The van der Waals surface area contributed by atoms with E-state index in [-0.39, 0.29) is 18.5 Å². The fourth-order valence-electron chi connectivity index (χ4n) is 1.56. The second-order valence-corrected chi connectivity index (χ2v) is 8.70. The summed E-state index contributed by atoms with van der Waals surface area (Å²) in [7, 11) is -7.18. The number of aliphatic carboxylic acids is 1. The molecule has 0 fully saturated rings. The van der Waals surface area contributed by atoms with E-state index in [0.29, 0.717) is 5.56 Å². The van der Waals surface area contributed by atoms with E-state index in [1.165, 1.54) is 6.07 Å². The van der Waals surface area contributed by atoms with E-state index in [1.54, 1.807) is 18.2 Å². The molecule has 0 radical (unpaired) electrons. The van der Waals surface area contributed by atoms with Crippen LogP contribution in [0.4, 0.5) is 5.69 Å². The molecule has 1 aromatic carbocycles. The SMILES string of the molecule is CS(=O)(=O)CCS(=O)(=O)Nc1ccccc1CCC(=O)O. The molecular weight excluding hydrogens is 318 g/mol. The largest absolute Gasteiger partial charge is 0.481 e. The monoisotopic (exact) mass is 335 g/mol. The highest BCUT2D eigenvalue weighted by Gasteiger charge is 2.16. The molecule has 0 atom stereocenters. The Morgan fingerprint density at radius 2 is 1.76 bits per heavy atom. The highest BCUT2D eigenvalue weighted by Crippen LogP contribution is 2.18. The van der Waals surface area contributed by atoms with Crippen LogP contribution in [0, 0.1) is 0 Å². The number of para-hydroxylation sites is 1. The number of rotatable bonds is 8. The number of carboxylic acids is 1. The average Bonchev–Trinajstić information content (AvgIpc) is 2.34. The van der Waals surface area contributed by atoms with E-state index in [4.69, 9.17) is 5.11 Å². The molecule has 0 aliphatic rings. The number of nitrogens with one attached hydrogen (secondary N) is 1. The highest BCUT2D eigenvalue weighted by molar-refractivity contribution is 7.95. The Balaban J connectivity index is 2.84. The van der Waals surface area contributed by atoms with Gasteiger partial charge in [0.15, 0.2) is 0 Å². The zero-order chi connectivity index (χ0) is 16.1. The van der Waals surface area contributed by atoms with Gasteiger partial charge in [-0.25, -0.2) is 16.8 Å². The Morgan fingerprint density at radius 1 is 1.14 bits per heavy atom. The Labute approximate surface area is 124 Å². The zero-order valence-corrected chi connectivity index (χ0v) is 13.1. The van der Waals surface area contributed by atoms with Gasteiger partial charge in [0.1, 0.15) is 9.84 Å². The van der Waals surface area contributed by atoms with Gasteiger partial charge >= 0.3 is 5.97 Å². The zero-order valence-electron chi connectivity index (χ0n) is 11.4.